The zero-order chi connectivity index (χ0) is 14.4. The summed E-state index contributed by atoms with van der Waals surface area (Å²) in [7, 11) is 1.31. The van der Waals surface area contributed by atoms with Gasteiger partial charge >= 0.3 is 5.97 Å². The van der Waals surface area contributed by atoms with Gasteiger partial charge < -0.3 is 4.74 Å². The lowest BCUT2D eigenvalue weighted by Gasteiger charge is -2.08. The van der Waals surface area contributed by atoms with Crippen LogP contribution >= 0.6 is 0 Å². The minimum absolute atomic E-state index is 0.0174. The summed E-state index contributed by atoms with van der Waals surface area (Å²) in [6.07, 6.45) is 10.5. The summed E-state index contributed by atoms with van der Waals surface area (Å²) >= 11 is 0. The minimum Gasteiger partial charge on any atom is -0.469 e. The molecule has 1 aliphatic rings. The highest BCUT2D eigenvalue weighted by Gasteiger charge is 2.09. The number of carbonyl (C=O) groups is 1. The van der Waals surface area contributed by atoms with Crippen molar-refractivity contribution in [3.8, 4) is 0 Å². The molecule has 0 heterocycles. The summed E-state index contributed by atoms with van der Waals surface area (Å²) in [5.41, 5.74) is 2.66. The number of benzene rings is 1. The molecule has 0 spiro atoms. The summed E-state index contributed by atoms with van der Waals surface area (Å²) in [5.74, 6) is -0.754. The van der Waals surface area contributed by atoms with Gasteiger partial charge in [-0.1, -0.05) is 35.9 Å². The van der Waals surface area contributed by atoms with Crippen molar-refractivity contribution >= 4 is 5.97 Å². The van der Waals surface area contributed by atoms with Crippen LogP contribution in [0, 0.1) is 5.82 Å². The number of aryl methyl sites for hydroxylation is 1. The maximum absolute atomic E-state index is 13.9. The Kier molecular flexibility index (Phi) is 5.10. The Labute approximate surface area is 119 Å². The van der Waals surface area contributed by atoms with Crippen LogP contribution < -0.4 is 0 Å². The van der Waals surface area contributed by atoms with Crippen LogP contribution in [0.15, 0.2) is 42.0 Å². The van der Waals surface area contributed by atoms with Gasteiger partial charge in [0.1, 0.15) is 5.82 Å². The highest BCUT2D eigenvalue weighted by Crippen LogP contribution is 2.18. The smallest absolute Gasteiger partial charge is 0.310 e. The highest BCUT2D eigenvalue weighted by molar-refractivity contribution is 5.72. The Balaban J connectivity index is 1.96. The van der Waals surface area contributed by atoms with Gasteiger partial charge in [-0.05, 0) is 42.9 Å². The molecule has 1 aromatic rings. The third kappa shape index (κ3) is 4.05. The van der Waals surface area contributed by atoms with E-state index in [1.165, 1.54) is 18.7 Å². The number of allylic oxidation sites excluding steroid dienone is 4. The van der Waals surface area contributed by atoms with E-state index < -0.39 is 5.97 Å². The maximum atomic E-state index is 13.9. The number of ether oxygens (including phenoxy) is 1. The molecular formula is C17H19FO2. The number of hydrogen-bond donors (Lipinski definition) is 0. The third-order valence-corrected chi connectivity index (χ3v) is 3.45. The quantitative estimate of drug-likeness (QED) is 0.764. The lowest BCUT2D eigenvalue weighted by molar-refractivity contribution is -0.139. The average Bonchev–Trinajstić information content (AvgIpc) is 2.48. The predicted octanol–water partition coefficient (Wildman–Crippen LogP) is 3.75. The fourth-order valence-electron chi connectivity index (χ4n) is 2.26. The van der Waals surface area contributed by atoms with Gasteiger partial charge in [0.25, 0.3) is 0 Å². The summed E-state index contributed by atoms with van der Waals surface area (Å²) in [5, 5.41) is 0. The second kappa shape index (κ2) is 7.04. The number of methoxy groups -OCH3 is 1. The molecular weight excluding hydrogens is 255 g/mol. The molecule has 0 N–H and O–H groups in total. The van der Waals surface area contributed by atoms with E-state index in [0.29, 0.717) is 5.56 Å². The molecule has 0 aliphatic heterocycles. The Morgan fingerprint density at radius 3 is 2.80 bits per heavy atom. The molecule has 0 saturated carbocycles. The van der Waals surface area contributed by atoms with Crippen molar-refractivity contribution in [2.45, 2.75) is 32.1 Å². The average molecular weight is 274 g/mol. The molecule has 0 fully saturated rings. The van der Waals surface area contributed by atoms with Crippen molar-refractivity contribution in [3.63, 3.8) is 0 Å². The van der Waals surface area contributed by atoms with Crippen LogP contribution in [-0.2, 0) is 22.4 Å². The summed E-state index contributed by atoms with van der Waals surface area (Å²) < 4.78 is 18.4. The fourth-order valence-corrected chi connectivity index (χ4v) is 2.26. The first-order valence-corrected chi connectivity index (χ1v) is 6.88. The molecule has 0 aromatic heterocycles. The van der Waals surface area contributed by atoms with Crippen LogP contribution in [0.5, 0.6) is 0 Å². The van der Waals surface area contributed by atoms with Gasteiger partial charge in [-0.3, -0.25) is 4.79 Å². The van der Waals surface area contributed by atoms with Crippen molar-refractivity contribution in [1.82, 2.24) is 0 Å². The van der Waals surface area contributed by atoms with Gasteiger partial charge in [-0.2, -0.15) is 0 Å². The topological polar surface area (TPSA) is 26.3 Å². The molecule has 0 atom stereocenters. The number of esters is 1. The zero-order valence-electron chi connectivity index (χ0n) is 11.7. The molecule has 1 aliphatic carbocycles. The van der Waals surface area contributed by atoms with E-state index in [4.69, 9.17) is 0 Å². The molecule has 0 unspecified atom stereocenters. The Morgan fingerprint density at radius 1 is 1.30 bits per heavy atom. The van der Waals surface area contributed by atoms with Crippen LogP contribution in [-0.4, -0.2) is 13.1 Å². The van der Waals surface area contributed by atoms with Crippen LogP contribution in [0.2, 0.25) is 0 Å². The van der Waals surface area contributed by atoms with E-state index in [9.17, 15) is 9.18 Å². The lowest BCUT2D eigenvalue weighted by atomic mass is 9.98. The van der Waals surface area contributed by atoms with Gasteiger partial charge in [0.15, 0.2) is 0 Å². The number of hydrogen-bond acceptors (Lipinski definition) is 2. The highest BCUT2D eigenvalue weighted by atomic mass is 19.1. The van der Waals surface area contributed by atoms with Gasteiger partial charge in [-0.25, -0.2) is 4.39 Å². The Bertz CT molecular complexity index is 544. The van der Waals surface area contributed by atoms with E-state index in [1.807, 2.05) is 6.07 Å². The lowest BCUT2D eigenvalue weighted by Crippen LogP contribution is -2.06. The van der Waals surface area contributed by atoms with Gasteiger partial charge in [0.2, 0.25) is 0 Å². The van der Waals surface area contributed by atoms with Crippen molar-refractivity contribution in [2.24, 2.45) is 0 Å². The third-order valence-electron chi connectivity index (χ3n) is 3.45. The largest absolute Gasteiger partial charge is 0.469 e. The van der Waals surface area contributed by atoms with Crippen molar-refractivity contribution < 1.29 is 13.9 Å². The molecule has 106 valence electrons. The molecule has 1 aromatic carbocycles. The number of halogens is 1. The Hall–Kier alpha value is -1.90. The molecule has 0 bridgehead atoms. The molecule has 20 heavy (non-hydrogen) atoms. The standard InChI is InChI=1S/C17H19FO2/c1-20-17(19)12-15-10-9-14(11-16(15)18)8-7-13-5-3-2-4-6-13/h3,5-6,9-11H,2,4,7-8,12H2,1H3. The molecule has 0 saturated heterocycles. The van der Waals surface area contributed by atoms with Crippen molar-refractivity contribution in [3.05, 3.63) is 58.9 Å². The monoisotopic (exact) mass is 274 g/mol. The van der Waals surface area contributed by atoms with Crippen LogP contribution in [0.25, 0.3) is 0 Å². The molecule has 2 nitrogen and oxygen atoms in total. The molecule has 0 radical (unpaired) electrons. The SMILES string of the molecule is COC(=O)Cc1ccc(CCC2=CCCC=C2)cc1F. The van der Waals surface area contributed by atoms with Gasteiger partial charge in [0.05, 0.1) is 13.5 Å². The van der Waals surface area contributed by atoms with E-state index in [2.05, 4.69) is 23.0 Å². The zero-order valence-corrected chi connectivity index (χ0v) is 11.7. The molecule has 2 rings (SSSR count). The van der Waals surface area contributed by atoms with E-state index in [1.54, 1.807) is 6.07 Å². The minimum atomic E-state index is -0.422. The van der Waals surface area contributed by atoms with E-state index in [-0.39, 0.29) is 12.2 Å². The normalized spacial score (nSPS) is 14.0. The maximum Gasteiger partial charge on any atom is 0.310 e. The van der Waals surface area contributed by atoms with Crippen molar-refractivity contribution in [1.29, 1.82) is 0 Å². The summed E-state index contributed by atoms with van der Waals surface area (Å²) in [6.45, 7) is 0. The molecule has 3 heteroatoms. The van der Waals surface area contributed by atoms with E-state index >= 15 is 0 Å². The number of rotatable bonds is 5. The van der Waals surface area contributed by atoms with Crippen LogP contribution in [0.3, 0.4) is 0 Å². The Morgan fingerprint density at radius 2 is 2.15 bits per heavy atom. The van der Waals surface area contributed by atoms with E-state index in [0.717, 1.165) is 31.2 Å². The van der Waals surface area contributed by atoms with Gasteiger partial charge in [-0.15, -0.1) is 0 Å². The second-order valence-electron chi connectivity index (χ2n) is 4.94. The fraction of sp³-hybridized carbons (Fsp3) is 0.353. The summed E-state index contributed by atoms with van der Waals surface area (Å²) in [6, 6.07) is 5.08. The van der Waals surface area contributed by atoms with Crippen LogP contribution in [0.4, 0.5) is 4.39 Å². The van der Waals surface area contributed by atoms with Crippen LogP contribution in [0.1, 0.15) is 30.4 Å². The first kappa shape index (κ1) is 14.5. The molecule has 0 amide bonds. The first-order chi connectivity index (χ1) is 9.69. The van der Waals surface area contributed by atoms with Crippen molar-refractivity contribution in [2.75, 3.05) is 7.11 Å². The first-order valence-electron chi connectivity index (χ1n) is 6.88. The second-order valence-corrected chi connectivity index (χ2v) is 4.94. The predicted molar refractivity (Wildman–Crippen MR) is 76.9 cm³/mol. The number of carbonyl (C=O) groups excluding carboxylic acids is 1. The summed E-state index contributed by atoms with van der Waals surface area (Å²) in [4.78, 5) is 11.1. The van der Waals surface area contributed by atoms with Gasteiger partial charge in [0, 0.05) is 0 Å².